The van der Waals surface area contributed by atoms with Crippen LogP contribution in [0.2, 0.25) is 0 Å². The fourth-order valence-electron chi connectivity index (χ4n) is 0.967. The van der Waals surface area contributed by atoms with Gasteiger partial charge in [0, 0.05) is 6.42 Å². The van der Waals surface area contributed by atoms with Crippen LogP contribution < -0.4 is 0 Å². The third kappa shape index (κ3) is 11.8. The molecule has 0 bridgehead atoms. The molecule has 1 aromatic carbocycles. The highest BCUT2D eigenvalue weighted by Gasteiger charge is 1.98. The Bertz CT molecular complexity index is 371. The molecule has 1 aromatic rings. The van der Waals surface area contributed by atoms with Gasteiger partial charge in [0.1, 0.15) is 0 Å². The molecule has 0 atom stereocenters. The molecular weight excluding hydrogens is 252 g/mol. The highest BCUT2D eigenvalue weighted by Crippen LogP contribution is 1.97. The molecule has 0 radical (unpaired) electrons. The van der Waals surface area contributed by atoms with Crippen molar-refractivity contribution >= 4 is 18.4 Å². The summed E-state index contributed by atoms with van der Waals surface area (Å²) >= 11 is 0. The summed E-state index contributed by atoms with van der Waals surface area (Å²) in [5.41, 5.74) is 1.17. The lowest BCUT2D eigenvalue weighted by atomic mass is 10.2. The van der Waals surface area contributed by atoms with Crippen LogP contribution in [0.3, 0.4) is 0 Å². The van der Waals surface area contributed by atoms with E-state index in [1.54, 1.807) is 0 Å². The number of benzene rings is 1. The minimum atomic E-state index is -1.37. The number of ether oxygens (including phenoxy) is 2. The van der Waals surface area contributed by atoms with Crippen LogP contribution in [0.15, 0.2) is 36.9 Å². The van der Waals surface area contributed by atoms with Gasteiger partial charge in [-0.05, 0) is 5.56 Å². The summed E-state index contributed by atoms with van der Waals surface area (Å²) < 4.78 is 8.13. The lowest BCUT2D eigenvalue weighted by Crippen LogP contribution is -2.07. The van der Waals surface area contributed by atoms with E-state index in [-0.39, 0.29) is 19.6 Å². The number of hydrogen-bond donors (Lipinski definition) is 2. The molecule has 0 saturated heterocycles. The van der Waals surface area contributed by atoms with Gasteiger partial charge in [0.15, 0.2) is 0 Å². The first-order valence-electron chi connectivity index (χ1n) is 5.45. The Morgan fingerprint density at radius 3 is 1.84 bits per heavy atom. The molecule has 0 aliphatic heterocycles. The minimum Gasteiger partial charge on any atom is -0.450 e. The normalized spacial score (nSPS) is 8.63. The smallest absolute Gasteiger partial charge is 0.450 e. The average molecular weight is 268 g/mol. The van der Waals surface area contributed by atoms with E-state index in [1.165, 1.54) is 5.56 Å². The van der Waals surface area contributed by atoms with Crippen LogP contribution in [-0.4, -0.2) is 35.7 Å². The topological polar surface area (TPSA) is 93.1 Å². The molecule has 104 valence electrons. The van der Waals surface area contributed by atoms with Gasteiger partial charge in [0.05, 0.1) is 13.2 Å². The first-order chi connectivity index (χ1) is 9.06. The Kier molecular flexibility index (Phi) is 9.24. The molecule has 0 aromatic heterocycles. The molecule has 19 heavy (non-hydrogen) atoms. The van der Waals surface area contributed by atoms with Crippen molar-refractivity contribution in [2.24, 2.45) is 0 Å². The van der Waals surface area contributed by atoms with Gasteiger partial charge in [-0.1, -0.05) is 43.0 Å². The van der Waals surface area contributed by atoms with Crippen molar-refractivity contribution in [3.8, 4) is 0 Å². The molecule has 1 rings (SSSR count). The Balaban J connectivity index is 0.000000356. The molecule has 0 amide bonds. The summed E-state index contributed by atoms with van der Waals surface area (Å²) in [4.78, 5) is 19.4. The fraction of sp³-hybridized carbons (Fsp3) is 0.231. The molecule has 0 unspecified atom stereocenters. The molecule has 0 fully saturated rings. The molecule has 0 aliphatic carbocycles. The van der Waals surface area contributed by atoms with E-state index in [0.717, 1.165) is 0 Å². The fourth-order valence-corrected chi connectivity index (χ4v) is 0.967. The predicted octanol–water partition coefficient (Wildman–Crippen LogP) is 3.10. The van der Waals surface area contributed by atoms with Crippen molar-refractivity contribution in [3.63, 3.8) is 0 Å². The van der Waals surface area contributed by atoms with Crippen molar-refractivity contribution in [1.29, 1.82) is 0 Å². The van der Waals surface area contributed by atoms with Crippen molar-refractivity contribution in [1.82, 2.24) is 0 Å². The van der Waals surface area contributed by atoms with Crippen molar-refractivity contribution in [2.45, 2.75) is 6.42 Å². The molecule has 2 N–H and O–H groups in total. The number of carbonyl (C=O) groups is 2. The molecule has 0 heterocycles. The highest BCUT2D eigenvalue weighted by atomic mass is 16.7. The van der Waals surface area contributed by atoms with E-state index in [4.69, 9.17) is 10.2 Å². The summed E-state index contributed by atoms with van der Waals surface area (Å²) in [7, 11) is 0. The minimum absolute atomic E-state index is 0.0530. The Hall–Kier alpha value is -2.50. The summed E-state index contributed by atoms with van der Waals surface area (Å²) in [6, 6.07) is 10.0. The third-order valence-corrected chi connectivity index (χ3v) is 1.78. The van der Waals surface area contributed by atoms with Gasteiger partial charge in [-0.15, -0.1) is 0 Å². The standard InChI is InChI=1S/C8H8.C5H8O6/c1-2-8-6-4-3-5-7-8;6-4(7)10-2-1-3-11-5(8)9/h2-7H,1H2;1-3H2,(H,6,7)(H,8,9). The SMILES string of the molecule is C=Cc1ccccc1.O=C(O)OCCCOC(=O)O. The van der Waals surface area contributed by atoms with Crippen LogP contribution in [0.1, 0.15) is 12.0 Å². The van der Waals surface area contributed by atoms with E-state index in [2.05, 4.69) is 16.1 Å². The van der Waals surface area contributed by atoms with Gasteiger partial charge in [-0.25, -0.2) is 9.59 Å². The lowest BCUT2D eigenvalue weighted by molar-refractivity contribution is 0.0689. The Morgan fingerprint density at radius 2 is 1.53 bits per heavy atom. The summed E-state index contributed by atoms with van der Waals surface area (Å²) in [5.74, 6) is 0. The summed E-state index contributed by atoms with van der Waals surface area (Å²) in [6.45, 7) is 3.52. The lowest BCUT2D eigenvalue weighted by Gasteiger charge is -1.99. The molecule has 0 saturated carbocycles. The summed E-state index contributed by atoms with van der Waals surface area (Å²) in [6.07, 6.45) is -0.681. The maximum absolute atomic E-state index is 9.72. The van der Waals surface area contributed by atoms with Gasteiger partial charge >= 0.3 is 12.3 Å². The molecule has 6 heteroatoms. The van der Waals surface area contributed by atoms with E-state index < -0.39 is 12.3 Å². The summed E-state index contributed by atoms with van der Waals surface area (Å²) in [5, 5.41) is 15.9. The van der Waals surface area contributed by atoms with Gasteiger partial charge < -0.3 is 19.7 Å². The monoisotopic (exact) mass is 268 g/mol. The number of carboxylic acid groups (broad SMARTS) is 2. The van der Waals surface area contributed by atoms with Crippen LogP contribution in [0.25, 0.3) is 6.08 Å². The molecule has 6 nitrogen and oxygen atoms in total. The second-order valence-electron chi connectivity index (χ2n) is 3.20. The first-order valence-corrected chi connectivity index (χ1v) is 5.45. The zero-order valence-electron chi connectivity index (χ0n) is 10.3. The predicted molar refractivity (Wildman–Crippen MR) is 69.1 cm³/mol. The zero-order chi connectivity index (χ0) is 14.5. The second-order valence-corrected chi connectivity index (χ2v) is 3.20. The van der Waals surface area contributed by atoms with Crippen LogP contribution in [-0.2, 0) is 9.47 Å². The van der Waals surface area contributed by atoms with Crippen molar-refractivity contribution in [3.05, 3.63) is 42.5 Å². The van der Waals surface area contributed by atoms with Gasteiger partial charge in [0.25, 0.3) is 0 Å². The van der Waals surface area contributed by atoms with Gasteiger partial charge in [-0.2, -0.15) is 0 Å². The maximum atomic E-state index is 9.72. The molecule has 0 aliphatic rings. The van der Waals surface area contributed by atoms with E-state index in [1.807, 2.05) is 36.4 Å². The van der Waals surface area contributed by atoms with E-state index in [9.17, 15) is 9.59 Å². The molecule has 0 spiro atoms. The maximum Gasteiger partial charge on any atom is 0.505 e. The Labute approximate surface area is 110 Å². The molecular formula is C13H16O6. The van der Waals surface area contributed by atoms with Crippen LogP contribution in [0.4, 0.5) is 9.59 Å². The Morgan fingerprint density at radius 1 is 1.05 bits per heavy atom. The van der Waals surface area contributed by atoms with Crippen molar-refractivity contribution in [2.75, 3.05) is 13.2 Å². The number of hydrogen-bond acceptors (Lipinski definition) is 4. The zero-order valence-corrected chi connectivity index (χ0v) is 10.3. The van der Waals surface area contributed by atoms with Gasteiger partial charge in [0.2, 0.25) is 0 Å². The largest absolute Gasteiger partial charge is 0.505 e. The second kappa shape index (κ2) is 10.6. The third-order valence-electron chi connectivity index (χ3n) is 1.78. The number of rotatable bonds is 5. The van der Waals surface area contributed by atoms with E-state index >= 15 is 0 Å². The van der Waals surface area contributed by atoms with Crippen molar-refractivity contribution < 1.29 is 29.3 Å². The average Bonchev–Trinajstić information content (AvgIpc) is 2.39. The van der Waals surface area contributed by atoms with E-state index in [0.29, 0.717) is 0 Å². The first kappa shape index (κ1) is 16.5. The quantitative estimate of drug-likeness (QED) is 0.629. The van der Waals surface area contributed by atoms with Crippen LogP contribution in [0, 0.1) is 0 Å². The van der Waals surface area contributed by atoms with Crippen LogP contribution in [0.5, 0.6) is 0 Å². The highest BCUT2D eigenvalue weighted by molar-refractivity contribution is 5.57. The van der Waals surface area contributed by atoms with Crippen LogP contribution >= 0.6 is 0 Å². The van der Waals surface area contributed by atoms with Gasteiger partial charge in [-0.3, -0.25) is 0 Å².